The van der Waals surface area contributed by atoms with Gasteiger partial charge in [-0.05, 0) is 19.4 Å². The van der Waals surface area contributed by atoms with E-state index in [1.165, 1.54) is 6.07 Å². The molecule has 0 bridgehead atoms. The van der Waals surface area contributed by atoms with E-state index >= 15 is 0 Å². The summed E-state index contributed by atoms with van der Waals surface area (Å²) >= 11 is 0. The van der Waals surface area contributed by atoms with Gasteiger partial charge in [-0.3, -0.25) is 14.9 Å². The van der Waals surface area contributed by atoms with Crippen molar-refractivity contribution in [2.24, 2.45) is 0 Å². The topological polar surface area (TPSA) is 84.3 Å². The molecule has 1 saturated heterocycles. The molecule has 0 saturated carbocycles. The van der Waals surface area contributed by atoms with Gasteiger partial charge in [-0.15, -0.1) is 0 Å². The van der Waals surface area contributed by atoms with Crippen molar-refractivity contribution >= 4 is 17.3 Å². The van der Waals surface area contributed by atoms with Gasteiger partial charge in [0.15, 0.2) is 0 Å². The van der Waals surface area contributed by atoms with E-state index in [4.69, 9.17) is 0 Å². The Kier molecular flexibility index (Phi) is 3.45. The van der Waals surface area contributed by atoms with Crippen LogP contribution in [0, 0.1) is 17.0 Å². The number of nitrogens with zero attached hydrogens (tertiary/aromatic N) is 1. The van der Waals surface area contributed by atoms with Crippen LogP contribution in [-0.2, 0) is 4.79 Å². The number of aryl methyl sites for hydroxylation is 1. The van der Waals surface area contributed by atoms with Crippen LogP contribution in [0.4, 0.5) is 11.4 Å². The molecule has 0 aromatic heterocycles. The minimum atomic E-state index is -0.391. The molecule has 1 unspecified atom stereocenters. The zero-order chi connectivity index (χ0) is 13.1. The van der Waals surface area contributed by atoms with Gasteiger partial charge in [0.25, 0.3) is 5.69 Å². The van der Waals surface area contributed by atoms with Crippen molar-refractivity contribution in [1.29, 1.82) is 0 Å². The zero-order valence-electron chi connectivity index (χ0n) is 10.1. The Hall–Kier alpha value is -2.11. The number of rotatable bonds is 4. The highest BCUT2D eigenvalue weighted by molar-refractivity contribution is 5.78. The Morgan fingerprint density at radius 3 is 2.94 bits per heavy atom. The van der Waals surface area contributed by atoms with Crippen molar-refractivity contribution in [3.63, 3.8) is 0 Å². The van der Waals surface area contributed by atoms with Crippen LogP contribution in [0.15, 0.2) is 18.2 Å². The number of carbonyl (C=O) groups is 1. The Labute approximate surface area is 105 Å². The predicted octanol–water partition coefficient (Wildman–Crippen LogP) is 1.59. The van der Waals surface area contributed by atoms with Crippen LogP contribution in [0.5, 0.6) is 0 Å². The van der Waals surface area contributed by atoms with Crippen LogP contribution in [-0.4, -0.2) is 23.4 Å². The molecule has 1 aliphatic heterocycles. The first kappa shape index (κ1) is 12.3. The molecule has 1 heterocycles. The third-order valence-electron chi connectivity index (χ3n) is 3.04. The molecule has 18 heavy (non-hydrogen) atoms. The lowest BCUT2D eigenvalue weighted by atomic mass is 10.1. The molecule has 0 aliphatic carbocycles. The normalized spacial score (nSPS) is 18.5. The molecule has 96 valence electrons. The summed E-state index contributed by atoms with van der Waals surface area (Å²) in [5, 5.41) is 16.7. The highest BCUT2D eigenvalue weighted by Crippen LogP contribution is 2.22. The molecule has 1 aromatic carbocycles. The third-order valence-corrected chi connectivity index (χ3v) is 3.04. The van der Waals surface area contributed by atoms with E-state index in [0.717, 1.165) is 6.42 Å². The molecule has 6 heteroatoms. The number of nitro groups is 1. The predicted molar refractivity (Wildman–Crippen MR) is 67.5 cm³/mol. The minimum absolute atomic E-state index is 0.0664. The van der Waals surface area contributed by atoms with Gasteiger partial charge in [-0.2, -0.15) is 0 Å². The van der Waals surface area contributed by atoms with E-state index in [1.807, 2.05) is 0 Å². The van der Waals surface area contributed by atoms with Crippen LogP contribution in [0.3, 0.4) is 0 Å². The van der Waals surface area contributed by atoms with E-state index in [9.17, 15) is 14.9 Å². The second kappa shape index (κ2) is 5.03. The first-order chi connectivity index (χ1) is 8.56. The maximum atomic E-state index is 11.0. The van der Waals surface area contributed by atoms with E-state index in [0.29, 0.717) is 24.2 Å². The van der Waals surface area contributed by atoms with Crippen LogP contribution in [0.25, 0.3) is 0 Å². The fourth-order valence-corrected chi connectivity index (χ4v) is 1.99. The third kappa shape index (κ3) is 2.77. The average Bonchev–Trinajstić information content (AvgIpc) is 2.74. The molecule has 1 fully saturated rings. The SMILES string of the molecule is Cc1ccc(NCC2CCC(=O)N2)cc1[N+](=O)[O-]. The molecular weight excluding hydrogens is 234 g/mol. The number of nitro benzene ring substituents is 1. The Morgan fingerprint density at radius 2 is 2.33 bits per heavy atom. The minimum Gasteiger partial charge on any atom is -0.383 e. The highest BCUT2D eigenvalue weighted by atomic mass is 16.6. The smallest absolute Gasteiger partial charge is 0.274 e. The molecule has 1 amide bonds. The summed E-state index contributed by atoms with van der Waals surface area (Å²) in [6.45, 7) is 2.30. The largest absolute Gasteiger partial charge is 0.383 e. The molecule has 1 aromatic rings. The van der Waals surface area contributed by atoms with E-state index in [-0.39, 0.29) is 17.6 Å². The van der Waals surface area contributed by atoms with Crippen LogP contribution >= 0.6 is 0 Å². The van der Waals surface area contributed by atoms with Crippen molar-refractivity contribution in [2.45, 2.75) is 25.8 Å². The summed E-state index contributed by atoms with van der Waals surface area (Å²) in [5.74, 6) is 0.0664. The summed E-state index contributed by atoms with van der Waals surface area (Å²) in [4.78, 5) is 21.4. The number of anilines is 1. The standard InChI is InChI=1S/C12H15N3O3/c1-8-2-3-9(6-11(8)15(17)18)13-7-10-4-5-12(16)14-10/h2-3,6,10,13H,4-5,7H2,1H3,(H,14,16). The molecule has 1 aliphatic rings. The first-order valence-corrected chi connectivity index (χ1v) is 5.84. The lowest BCUT2D eigenvalue weighted by Gasteiger charge is -2.12. The summed E-state index contributed by atoms with van der Waals surface area (Å²) in [6, 6.07) is 5.15. The van der Waals surface area contributed by atoms with Gasteiger partial charge in [-0.25, -0.2) is 0 Å². The van der Waals surface area contributed by atoms with Crippen molar-refractivity contribution < 1.29 is 9.72 Å². The van der Waals surface area contributed by atoms with Gasteiger partial charge in [0.05, 0.1) is 4.92 Å². The van der Waals surface area contributed by atoms with Crippen LogP contribution in [0.2, 0.25) is 0 Å². The number of amides is 1. The molecule has 0 radical (unpaired) electrons. The second-order valence-electron chi connectivity index (χ2n) is 4.44. The van der Waals surface area contributed by atoms with Gasteiger partial charge in [0.2, 0.25) is 5.91 Å². The molecular formula is C12H15N3O3. The van der Waals surface area contributed by atoms with Crippen LogP contribution < -0.4 is 10.6 Å². The average molecular weight is 249 g/mol. The monoisotopic (exact) mass is 249 g/mol. The van der Waals surface area contributed by atoms with E-state index < -0.39 is 4.92 Å². The van der Waals surface area contributed by atoms with Crippen LogP contribution in [0.1, 0.15) is 18.4 Å². The highest BCUT2D eigenvalue weighted by Gasteiger charge is 2.20. The summed E-state index contributed by atoms with van der Waals surface area (Å²) < 4.78 is 0. The molecule has 2 rings (SSSR count). The van der Waals surface area contributed by atoms with Crippen molar-refractivity contribution in [3.05, 3.63) is 33.9 Å². The number of carbonyl (C=O) groups excluding carboxylic acids is 1. The molecule has 6 nitrogen and oxygen atoms in total. The van der Waals surface area contributed by atoms with Gasteiger partial charge in [0, 0.05) is 36.3 Å². The number of hydrogen-bond acceptors (Lipinski definition) is 4. The molecule has 0 spiro atoms. The molecule has 1 atom stereocenters. The van der Waals surface area contributed by atoms with E-state index in [2.05, 4.69) is 10.6 Å². The maximum absolute atomic E-state index is 11.0. The lowest BCUT2D eigenvalue weighted by molar-refractivity contribution is -0.385. The van der Waals surface area contributed by atoms with Gasteiger partial charge < -0.3 is 10.6 Å². The second-order valence-corrected chi connectivity index (χ2v) is 4.44. The Bertz CT molecular complexity index is 487. The van der Waals surface area contributed by atoms with E-state index in [1.54, 1.807) is 19.1 Å². The summed E-state index contributed by atoms with van der Waals surface area (Å²) in [5.41, 5.74) is 1.45. The number of hydrogen-bond donors (Lipinski definition) is 2. The van der Waals surface area contributed by atoms with Crippen molar-refractivity contribution in [3.8, 4) is 0 Å². The maximum Gasteiger partial charge on any atom is 0.274 e. The fourth-order valence-electron chi connectivity index (χ4n) is 1.99. The first-order valence-electron chi connectivity index (χ1n) is 5.84. The van der Waals surface area contributed by atoms with Crippen molar-refractivity contribution in [2.75, 3.05) is 11.9 Å². The lowest BCUT2D eigenvalue weighted by Crippen LogP contribution is -2.31. The summed E-state index contributed by atoms with van der Waals surface area (Å²) in [6.07, 6.45) is 1.36. The van der Waals surface area contributed by atoms with Gasteiger partial charge >= 0.3 is 0 Å². The Morgan fingerprint density at radius 1 is 1.56 bits per heavy atom. The quantitative estimate of drug-likeness (QED) is 0.627. The zero-order valence-corrected chi connectivity index (χ0v) is 10.1. The number of nitrogens with one attached hydrogen (secondary N) is 2. The fraction of sp³-hybridized carbons (Fsp3) is 0.417. The van der Waals surface area contributed by atoms with Gasteiger partial charge in [-0.1, -0.05) is 6.07 Å². The summed E-state index contributed by atoms with van der Waals surface area (Å²) in [7, 11) is 0. The number of benzene rings is 1. The molecule has 2 N–H and O–H groups in total. The van der Waals surface area contributed by atoms with Crippen molar-refractivity contribution in [1.82, 2.24) is 5.32 Å². The Balaban J connectivity index is 1.99. The van der Waals surface area contributed by atoms with Gasteiger partial charge in [0.1, 0.15) is 0 Å².